The molecule has 0 aliphatic heterocycles. The molecule has 2 aliphatic rings. The van der Waals surface area contributed by atoms with Crippen molar-refractivity contribution in [3.8, 4) is 6.07 Å². The normalized spacial score (nSPS) is 19.5. The highest BCUT2D eigenvalue weighted by Gasteiger charge is 2.42. The third-order valence-electron chi connectivity index (χ3n) is 4.18. The van der Waals surface area contributed by atoms with Gasteiger partial charge in [0, 0.05) is 24.1 Å². The van der Waals surface area contributed by atoms with Crippen LogP contribution in [0.1, 0.15) is 36.8 Å². The van der Waals surface area contributed by atoms with Crippen LogP contribution in [-0.4, -0.2) is 6.54 Å². The summed E-state index contributed by atoms with van der Waals surface area (Å²) in [5.74, 6) is 0. The number of nitriles is 1. The molecule has 2 heteroatoms. The van der Waals surface area contributed by atoms with E-state index in [4.69, 9.17) is 5.26 Å². The Hall–Kier alpha value is -1.49. The van der Waals surface area contributed by atoms with Crippen molar-refractivity contribution >= 4 is 5.69 Å². The van der Waals surface area contributed by atoms with Gasteiger partial charge in [0.25, 0.3) is 0 Å². The van der Waals surface area contributed by atoms with E-state index >= 15 is 0 Å². The van der Waals surface area contributed by atoms with Crippen LogP contribution >= 0.6 is 0 Å². The molecule has 2 nitrogen and oxygen atoms in total. The molecule has 1 saturated carbocycles. The van der Waals surface area contributed by atoms with E-state index in [-0.39, 0.29) is 5.41 Å². The largest absolute Gasteiger partial charge is 0.384 e. The fourth-order valence-corrected chi connectivity index (χ4v) is 2.73. The lowest BCUT2D eigenvalue weighted by Gasteiger charge is -2.14. The molecule has 0 aromatic heterocycles. The summed E-state index contributed by atoms with van der Waals surface area (Å²) in [5.41, 5.74) is 4.55. The molecular weight excluding hydrogens is 208 g/mol. The highest BCUT2D eigenvalue weighted by atomic mass is 14.9. The van der Waals surface area contributed by atoms with E-state index in [0.717, 1.165) is 6.54 Å². The number of hydrogen-bond donors (Lipinski definition) is 1. The zero-order valence-corrected chi connectivity index (χ0v) is 10.1. The number of nitrogens with zero attached hydrogens (tertiary/aromatic N) is 1. The van der Waals surface area contributed by atoms with Gasteiger partial charge in [-0.3, -0.25) is 0 Å². The summed E-state index contributed by atoms with van der Waals surface area (Å²) in [5, 5.41) is 12.3. The monoisotopic (exact) mass is 226 g/mol. The molecule has 2 aliphatic carbocycles. The van der Waals surface area contributed by atoms with Crippen molar-refractivity contribution in [3.63, 3.8) is 0 Å². The minimum atomic E-state index is 0.285. The summed E-state index contributed by atoms with van der Waals surface area (Å²) in [6.45, 7) is 0.958. The zero-order chi connectivity index (χ0) is 11.7. The van der Waals surface area contributed by atoms with Crippen molar-refractivity contribution in [2.75, 3.05) is 11.9 Å². The van der Waals surface area contributed by atoms with Gasteiger partial charge in [-0.1, -0.05) is 6.07 Å². The van der Waals surface area contributed by atoms with Gasteiger partial charge in [-0.25, -0.2) is 0 Å². The van der Waals surface area contributed by atoms with E-state index in [2.05, 4.69) is 29.6 Å². The van der Waals surface area contributed by atoms with Crippen LogP contribution in [0.5, 0.6) is 0 Å². The second-order valence-corrected chi connectivity index (χ2v) is 5.53. The fourth-order valence-electron chi connectivity index (χ4n) is 2.73. The van der Waals surface area contributed by atoms with Crippen LogP contribution in [-0.2, 0) is 12.8 Å². The Balaban J connectivity index is 1.64. The third-order valence-corrected chi connectivity index (χ3v) is 4.18. The summed E-state index contributed by atoms with van der Waals surface area (Å²) >= 11 is 0. The second kappa shape index (κ2) is 4.07. The molecule has 0 radical (unpaired) electrons. The topological polar surface area (TPSA) is 35.8 Å². The lowest BCUT2D eigenvalue weighted by Crippen LogP contribution is -2.14. The molecule has 88 valence electrons. The van der Waals surface area contributed by atoms with E-state index < -0.39 is 0 Å². The summed E-state index contributed by atoms with van der Waals surface area (Å²) in [4.78, 5) is 0. The van der Waals surface area contributed by atoms with E-state index in [9.17, 15) is 0 Å². The minimum Gasteiger partial charge on any atom is -0.384 e. The van der Waals surface area contributed by atoms with Gasteiger partial charge in [-0.15, -0.1) is 0 Å². The number of nitrogens with one attached hydrogen (secondary N) is 1. The molecule has 1 fully saturated rings. The molecule has 1 aromatic carbocycles. The van der Waals surface area contributed by atoms with Crippen molar-refractivity contribution in [1.82, 2.24) is 0 Å². The molecule has 3 rings (SSSR count). The number of aryl methyl sites for hydroxylation is 2. The van der Waals surface area contributed by atoms with Crippen molar-refractivity contribution in [2.24, 2.45) is 5.41 Å². The third kappa shape index (κ3) is 2.15. The molecule has 0 atom stereocenters. The van der Waals surface area contributed by atoms with Crippen LogP contribution in [0, 0.1) is 16.7 Å². The molecule has 1 N–H and O–H groups in total. The quantitative estimate of drug-likeness (QED) is 0.855. The van der Waals surface area contributed by atoms with Crippen LogP contribution in [0.25, 0.3) is 0 Å². The zero-order valence-electron chi connectivity index (χ0n) is 10.1. The molecule has 1 aromatic rings. The number of hydrogen-bond acceptors (Lipinski definition) is 2. The average molecular weight is 226 g/mol. The number of benzene rings is 1. The van der Waals surface area contributed by atoms with Crippen LogP contribution < -0.4 is 5.32 Å². The number of anilines is 1. The minimum absolute atomic E-state index is 0.285. The molecule has 0 spiro atoms. The van der Waals surface area contributed by atoms with Crippen LogP contribution in [0.3, 0.4) is 0 Å². The SMILES string of the molecule is N#CCC1(CNc2ccc3c(c2)CCC3)CC1. The lowest BCUT2D eigenvalue weighted by atomic mass is 10.0. The molecule has 0 heterocycles. The first-order chi connectivity index (χ1) is 8.31. The molecular formula is C15H18N2. The number of rotatable bonds is 4. The van der Waals surface area contributed by atoms with Gasteiger partial charge in [-0.05, 0) is 55.4 Å². The van der Waals surface area contributed by atoms with Crippen molar-refractivity contribution in [2.45, 2.75) is 38.5 Å². The first-order valence-corrected chi connectivity index (χ1v) is 6.54. The van der Waals surface area contributed by atoms with Gasteiger partial charge in [-0.2, -0.15) is 5.26 Å². The van der Waals surface area contributed by atoms with Crippen LogP contribution in [0.2, 0.25) is 0 Å². The maximum Gasteiger partial charge on any atom is 0.0628 e. The Morgan fingerprint density at radius 3 is 2.82 bits per heavy atom. The Bertz CT molecular complexity index is 466. The molecule has 17 heavy (non-hydrogen) atoms. The summed E-state index contributed by atoms with van der Waals surface area (Å²) in [6, 6.07) is 9.05. The average Bonchev–Trinajstić information content (AvgIpc) is 2.95. The van der Waals surface area contributed by atoms with E-state index in [1.54, 1.807) is 0 Å². The Kier molecular flexibility index (Phi) is 2.55. The second-order valence-electron chi connectivity index (χ2n) is 5.53. The van der Waals surface area contributed by atoms with Crippen molar-refractivity contribution in [1.29, 1.82) is 5.26 Å². The van der Waals surface area contributed by atoms with Gasteiger partial charge in [0.1, 0.15) is 0 Å². The van der Waals surface area contributed by atoms with Crippen molar-refractivity contribution < 1.29 is 0 Å². The highest BCUT2D eigenvalue weighted by Crippen LogP contribution is 2.48. The van der Waals surface area contributed by atoms with Crippen LogP contribution in [0.15, 0.2) is 18.2 Å². The summed E-state index contributed by atoms with van der Waals surface area (Å²) in [6.07, 6.45) is 6.89. The van der Waals surface area contributed by atoms with E-state index in [1.165, 1.54) is 48.9 Å². The molecule has 0 amide bonds. The first kappa shape index (κ1) is 10.7. The van der Waals surface area contributed by atoms with Gasteiger partial charge in [0.2, 0.25) is 0 Å². The fraction of sp³-hybridized carbons (Fsp3) is 0.533. The standard InChI is InChI=1S/C15H18N2/c16-9-8-15(6-7-15)11-17-14-5-4-12-2-1-3-13(12)10-14/h4-5,10,17H,1-3,6-8,11H2. The first-order valence-electron chi connectivity index (χ1n) is 6.54. The van der Waals surface area contributed by atoms with Gasteiger partial charge >= 0.3 is 0 Å². The Morgan fingerprint density at radius 2 is 2.06 bits per heavy atom. The van der Waals surface area contributed by atoms with Gasteiger partial charge < -0.3 is 5.32 Å². The maximum atomic E-state index is 8.79. The van der Waals surface area contributed by atoms with Crippen LogP contribution in [0.4, 0.5) is 5.69 Å². The van der Waals surface area contributed by atoms with E-state index in [0.29, 0.717) is 6.42 Å². The lowest BCUT2D eigenvalue weighted by molar-refractivity contribution is 0.557. The summed E-state index contributed by atoms with van der Waals surface area (Å²) in [7, 11) is 0. The maximum absolute atomic E-state index is 8.79. The Morgan fingerprint density at radius 1 is 1.24 bits per heavy atom. The van der Waals surface area contributed by atoms with Gasteiger partial charge in [0.15, 0.2) is 0 Å². The Labute approximate surface area is 103 Å². The highest BCUT2D eigenvalue weighted by molar-refractivity contribution is 5.50. The predicted octanol–water partition coefficient (Wildman–Crippen LogP) is 3.28. The molecule has 0 unspecified atom stereocenters. The molecule has 0 bridgehead atoms. The van der Waals surface area contributed by atoms with Gasteiger partial charge in [0.05, 0.1) is 6.07 Å². The predicted molar refractivity (Wildman–Crippen MR) is 68.9 cm³/mol. The number of fused-ring (bicyclic) bond motifs is 1. The smallest absolute Gasteiger partial charge is 0.0628 e. The van der Waals surface area contributed by atoms with Crippen molar-refractivity contribution in [3.05, 3.63) is 29.3 Å². The van der Waals surface area contributed by atoms with E-state index in [1.807, 2.05) is 0 Å². The summed E-state index contributed by atoms with van der Waals surface area (Å²) < 4.78 is 0. The molecule has 0 saturated heterocycles.